The quantitative estimate of drug-likeness (QED) is 0.831. The molecule has 0 bridgehead atoms. The summed E-state index contributed by atoms with van der Waals surface area (Å²) in [5, 5.41) is 11.4. The normalized spacial score (nSPS) is 10.2. The largest absolute Gasteiger partial charge is 0.327 e. The Labute approximate surface area is 115 Å². The van der Waals surface area contributed by atoms with Crippen LogP contribution in [0, 0.1) is 11.3 Å². The van der Waals surface area contributed by atoms with E-state index in [1.165, 1.54) is 24.4 Å². The first kappa shape index (κ1) is 13.3. The molecule has 2 N–H and O–H groups in total. The van der Waals surface area contributed by atoms with Crippen LogP contribution >= 0.6 is 0 Å². The molecule has 0 spiro atoms. The molecular formula is C15H11N3O2. The number of nitrogens with one attached hydrogen (secondary N) is 2. The number of nitrogens with zero attached hydrogens (tertiary/aromatic N) is 1. The van der Waals surface area contributed by atoms with Crippen LogP contribution in [0.15, 0.2) is 53.5 Å². The molecule has 0 saturated carbocycles. The molecule has 1 aromatic heterocycles. The maximum Gasteiger partial charge on any atom is 0.271 e. The van der Waals surface area contributed by atoms with Crippen molar-refractivity contribution in [2.75, 3.05) is 5.32 Å². The maximum atomic E-state index is 11.7. The number of anilines is 1. The van der Waals surface area contributed by atoms with Gasteiger partial charge in [0.05, 0.1) is 11.6 Å². The third kappa shape index (κ3) is 3.21. The van der Waals surface area contributed by atoms with Crippen molar-refractivity contribution in [3.8, 4) is 6.07 Å². The minimum Gasteiger partial charge on any atom is -0.327 e. The maximum absolute atomic E-state index is 11.7. The topological polar surface area (TPSA) is 85.8 Å². The lowest BCUT2D eigenvalue weighted by Gasteiger charge is -2.00. The average Bonchev–Trinajstić information content (AvgIpc) is 2.48. The Morgan fingerprint density at radius 3 is 2.80 bits per heavy atom. The van der Waals surface area contributed by atoms with Crippen LogP contribution in [0.25, 0.3) is 6.08 Å². The van der Waals surface area contributed by atoms with Gasteiger partial charge in [-0.2, -0.15) is 5.26 Å². The Bertz CT molecular complexity index is 754. The molecule has 1 amide bonds. The Morgan fingerprint density at radius 1 is 1.25 bits per heavy atom. The van der Waals surface area contributed by atoms with Crippen LogP contribution in [0.5, 0.6) is 0 Å². The van der Waals surface area contributed by atoms with Gasteiger partial charge in [-0.15, -0.1) is 0 Å². The van der Waals surface area contributed by atoms with Gasteiger partial charge in [0, 0.05) is 12.3 Å². The molecule has 0 aliphatic rings. The number of carbonyl (C=O) groups excluding carboxylic acids is 1. The van der Waals surface area contributed by atoms with E-state index in [2.05, 4.69) is 10.3 Å². The van der Waals surface area contributed by atoms with Crippen molar-refractivity contribution >= 4 is 17.7 Å². The number of carbonyl (C=O) groups is 1. The number of aromatic nitrogens is 1. The monoisotopic (exact) mass is 265 g/mol. The zero-order valence-electron chi connectivity index (χ0n) is 10.5. The van der Waals surface area contributed by atoms with Crippen LogP contribution in [-0.2, 0) is 4.79 Å². The first-order chi connectivity index (χ1) is 9.70. The van der Waals surface area contributed by atoms with Gasteiger partial charge in [0.2, 0.25) is 5.91 Å². The molecule has 0 aliphatic carbocycles. The zero-order valence-corrected chi connectivity index (χ0v) is 10.5. The van der Waals surface area contributed by atoms with E-state index in [0.717, 1.165) is 0 Å². The molecule has 2 aromatic rings. The van der Waals surface area contributed by atoms with Gasteiger partial charge in [-0.25, -0.2) is 0 Å². The third-order valence-electron chi connectivity index (χ3n) is 2.57. The summed E-state index contributed by atoms with van der Waals surface area (Å²) in [7, 11) is 0. The van der Waals surface area contributed by atoms with Crippen molar-refractivity contribution in [1.29, 1.82) is 5.26 Å². The summed E-state index contributed by atoms with van der Waals surface area (Å²) in [6, 6.07) is 12.1. The fraction of sp³-hybridized carbons (Fsp3) is 0. The van der Waals surface area contributed by atoms with E-state index in [4.69, 9.17) is 5.26 Å². The van der Waals surface area contributed by atoms with Gasteiger partial charge in [0.1, 0.15) is 5.69 Å². The molecule has 0 unspecified atom stereocenters. The number of rotatable bonds is 3. The van der Waals surface area contributed by atoms with Crippen LogP contribution in [-0.4, -0.2) is 10.9 Å². The van der Waals surface area contributed by atoms with Gasteiger partial charge < -0.3 is 10.3 Å². The van der Waals surface area contributed by atoms with Gasteiger partial charge in [0.25, 0.3) is 5.56 Å². The number of hydrogen-bond acceptors (Lipinski definition) is 3. The Balaban J connectivity index is 2.13. The number of H-pyrrole nitrogens is 1. The average molecular weight is 265 g/mol. The summed E-state index contributed by atoms with van der Waals surface area (Å²) in [5.41, 5.74) is 0.934. The Hall–Kier alpha value is -3.13. The SMILES string of the molecule is N#Cc1ccccc1C=CC(=O)Nc1ccc[nH]c1=O. The van der Waals surface area contributed by atoms with Crippen molar-refractivity contribution in [1.82, 2.24) is 4.98 Å². The fourth-order valence-electron chi connectivity index (χ4n) is 1.60. The van der Waals surface area contributed by atoms with E-state index in [-0.39, 0.29) is 11.2 Å². The molecule has 1 aromatic carbocycles. The predicted octanol–water partition coefficient (Wildman–Crippen LogP) is 1.90. The van der Waals surface area contributed by atoms with Crippen LogP contribution < -0.4 is 10.9 Å². The first-order valence-corrected chi connectivity index (χ1v) is 5.86. The Morgan fingerprint density at radius 2 is 2.05 bits per heavy atom. The van der Waals surface area contributed by atoms with E-state index >= 15 is 0 Å². The lowest BCUT2D eigenvalue weighted by molar-refractivity contribution is -0.111. The number of benzene rings is 1. The first-order valence-electron chi connectivity index (χ1n) is 5.86. The highest BCUT2D eigenvalue weighted by Gasteiger charge is 2.02. The summed E-state index contributed by atoms with van der Waals surface area (Å²) in [5.74, 6) is -0.436. The summed E-state index contributed by atoms with van der Waals surface area (Å²) in [6.07, 6.45) is 4.30. The van der Waals surface area contributed by atoms with Crippen molar-refractivity contribution in [2.45, 2.75) is 0 Å². The molecule has 20 heavy (non-hydrogen) atoms. The highest BCUT2D eigenvalue weighted by atomic mass is 16.2. The lowest BCUT2D eigenvalue weighted by atomic mass is 10.1. The van der Waals surface area contributed by atoms with E-state index in [1.807, 2.05) is 6.07 Å². The lowest BCUT2D eigenvalue weighted by Crippen LogP contribution is -2.17. The van der Waals surface area contributed by atoms with Crippen molar-refractivity contribution in [3.63, 3.8) is 0 Å². The van der Waals surface area contributed by atoms with E-state index in [0.29, 0.717) is 11.1 Å². The number of aromatic amines is 1. The zero-order chi connectivity index (χ0) is 14.4. The predicted molar refractivity (Wildman–Crippen MR) is 75.9 cm³/mol. The highest BCUT2D eigenvalue weighted by Crippen LogP contribution is 2.09. The smallest absolute Gasteiger partial charge is 0.271 e. The Kier molecular flexibility index (Phi) is 4.10. The minimum atomic E-state index is -0.436. The molecule has 0 aliphatic heterocycles. The molecule has 0 atom stereocenters. The minimum absolute atomic E-state index is 0.177. The van der Waals surface area contributed by atoms with E-state index < -0.39 is 5.91 Å². The number of hydrogen-bond donors (Lipinski definition) is 2. The van der Waals surface area contributed by atoms with Crippen molar-refractivity contribution in [2.24, 2.45) is 0 Å². The van der Waals surface area contributed by atoms with Gasteiger partial charge >= 0.3 is 0 Å². The molecule has 0 radical (unpaired) electrons. The second-order valence-corrected chi connectivity index (χ2v) is 3.93. The molecule has 0 saturated heterocycles. The second-order valence-electron chi connectivity index (χ2n) is 3.93. The van der Waals surface area contributed by atoms with Crippen molar-refractivity contribution < 1.29 is 4.79 Å². The molecule has 5 nitrogen and oxygen atoms in total. The molecule has 0 fully saturated rings. The molecule has 5 heteroatoms. The van der Waals surface area contributed by atoms with E-state index in [1.54, 1.807) is 30.3 Å². The molecule has 2 rings (SSSR count). The van der Waals surface area contributed by atoms with Crippen LogP contribution in [0.4, 0.5) is 5.69 Å². The number of pyridine rings is 1. The summed E-state index contributed by atoms with van der Waals surface area (Å²) in [6.45, 7) is 0. The van der Waals surface area contributed by atoms with Crippen LogP contribution in [0.2, 0.25) is 0 Å². The number of nitriles is 1. The van der Waals surface area contributed by atoms with Crippen LogP contribution in [0.1, 0.15) is 11.1 Å². The van der Waals surface area contributed by atoms with Gasteiger partial charge in [0.15, 0.2) is 0 Å². The standard InChI is InChI=1S/C15H11N3O2/c16-10-12-5-2-1-4-11(12)7-8-14(19)18-13-6-3-9-17-15(13)20/h1-9H,(H,17,20)(H,18,19). The molecule has 98 valence electrons. The van der Waals surface area contributed by atoms with Crippen molar-refractivity contribution in [3.05, 3.63) is 70.2 Å². The van der Waals surface area contributed by atoms with Gasteiger partial charge in [-0.05, 0) is 29.8 Å². The summed E-state index contributed by atoms with van der Waals surface area (Å²) < 4.78 is 0. The molecular weight excluding hydrogens is 254 g/mol. The third-order valence-corrected chi connectivity index (χ3v) is 2.57. The summed E-state index contributed by atoms with van der Waals surface area (Å²) in [4.78, 5) is 25.6. The van der Waals surface area contributed by atoms with Gasteiger partial charge in [-0.3, -0.25) is 9.59 Å². The van der Waals surface area contributed by atoms with Gasteiger partial charge in [-0.1, -0.05) is 18.2 Å². The van der Waals surface area contributed by atoms with E-state index in [9.17, 15) is 9.59 Å². The summed E-state index contributed by atoms with van der Waals surface area (Å²) >= 11 is 0. The highest BCUT2D eigenvalue weighted by molar-refractivity contribution is 6.01. The molecule has 1 heterocycles. The number of amides is 1. The fourth-order valence-corrected chi connectivity index (χ4v) is 1.60. The second kappa shape index (κ2) is 6.16. The van der Waals surface area contributed by atoms with Crippen LogP contribution in [0.3, 0.4) is 0 Å².